The Kier molecular flexibility index (Phi) is 9.08. The number of benzene rings is 4. The van der Waals surface area contributed by atoms with Gasteiger partial charge in [0.05, 0.1) is 11.3 Å². The van der Waals surface area contributed by atoms with Crippen molar-refractivity contribution in [3.05, 3.63) is 125 Å². The van der Waals surface area contributed by atoms with E-state index < -0.39 is 40.0 Å². The van der Waals surface area contributed by atoms with Gasteiger partial charge in [0.2, 0.25) is 0 Å². The van der Waals surface area contributed by atoms with Crippen molar-refractivity contribution in [1.82, 2.24) is 5.32 Å². The Morgan fingerprint density at radius 3 is 2.20 bits per heavy atom. The van der Waals surface area contributed by atoms with Gasteiger partial charge in [-0.15, -0.1) is 0 Å². The lowest BCUT2D eigenvalue weighted by molar-refractivity contribution is -0.137. The lowest BCUT2D eigenvalue weighted by Gasteiger charge is -2.18. The minimum absolute atomic E-state index is 0.0388. The Hall–Kier alpha value is -4.35. The number of anilines is 2. The average Bonchev–Trinajstić information content (AvgIpc) is 2.90. The molecule has 40 heavy (non-hydrogen) atoms. The summed E-state index contributed by atoms with van der Waals surface area (Å²) in [6.45, 7) is 0.494. The van der Waals surface area contributed by atoms with E-state index in [-0.39, 0.29) is 16.1 Å². The zero-order valence-corrected chi connectivity index (χ0v) is 22.6. The van der Waals surface area contributed by atoms with Crippen molar-refractivity contribution in [2.24, 2.45) is 0 Å². The van der Waals surface area contributed by atoms with E-state index >= 15 is 0 Å². The molecule has 0 saturated heterocycles. The first-order valence-corrected chi connectivity index (χ1v) is 14.0. The van der Waals surface area contributed by atoms with Gasteiger partial charge < -0.3 is 15.7 Å². The maximum absolute atomic E-state index is 13.9. The average molecular weight is 582 g/mol. The van der Waals surface area contributed by atoms with E-state index in [9.17, 15) is 27.1 Å². The molecule has 0 spiro atoms. The Morgan fingerprint density at radius 1 is 0.825 bits per heavy atom. The summed E-state index contributed by atoms with van der Waals surface area (Å²) in [5.74, 6) is -3.78. The molecule has 4 aromatic rings. The van der Waals surface area contributed by atoms with E-state index in [2.05, 4.69) is 15.4 Å². The minimum Gasteiger partial charge on any atom is -0.481 e. The second-order valence-electron chi connectivity index (χ2n) is 8.91. The smallest absolute Gasteiger partial charge is 0.304 e. The highest BCUT2D eigenvalue weighted by molar-refractivity contribution is 7.92. The van der Waals surface area contributed by atoms with Crippen LogP contribution in [0.15, 0.2) is 102 Å². The molecule has 4 rings (SSSR count). The maximum Gasteiger partial charge on any atom is 0.304 e. The van der Waals surface area contributed by atoms with Crippen LogP contribution < -0.4 is 15.4 Å². The number of sulfonamides is 1. The molecule has 206 valence electrons. The van der Waals surface area contributed by atoms with Crippen LogP contribution in [-0.4, -0.2) is 24.6 Å². The second-order valence-corrected chi connectivity index (χ2v) is 11.0. The van der Waals surface area contributed by atoms with Crippen LogP contribution in [0.2, 0.25) is 0 Å². The molecule has 0 amide bonds. The van der Waals surface area contributed by atoms with Crippen LogP contribution in [0.25, 0.3) is 0 Å². The summed E-state index contributed by atoms with van der Waals surface area (Å²) >= 11 is 5.33. The Morgan fingerprint density at radius 2 is 1.50 bits per heavy atom. The third kappa shape index (κ3) is 7.84. The highest BCUT2D eigenvalue weighted by atomic mass is 32.2. The number of carboxylic acids is 1. The molecule has 0 heterocycles. The first-order chi connectivity index (χ1) is 19.1. The molecule has 0 aliphatic heterocycles. The molecule has 0 aromatic heterocycles. The van der Waals surface area contributed by atoms with Gasteiger partial charge >= 0.3 is 5.97 Å². The second kappa shape index (κ2) is 12.7. The van der Waals surface area contributed by atoms with Crippen LogP contribution in [0.3, 0.4) is 0 Å². The molecule has 0 aliphatic carbocycles. The SMILES string of the molecule is O=C(O)CC(c1cc(F)cc(F)c1)c1cccc(NS(=O)(=O)c2cccc(NC(=S)NCc3ccccc3)c2)c1. The zero-order chi connectivity index (χ0) is 28.7. The van der Waals surface area contributed by atoms with Gasteiger partial charge in [0.1, 0.15) is 11.6 Å². The summed E-state index contributed by atoms with van der Waals surface area (Å²) in [4.78, 5) is 11.5. The first kappa shape index (κ1) is 28.7. The van der Waals surface area contributed by atoms with Crippen LogP contribution >= 0.6 is 12.2 Å². The van der Waals surface area contributed by atoms with Crippen molar-refractivity contribution >= 4 is 44.7 Å². The van der Waals surface area contributed by atoms with Crippen LogP contribution in [0, 0.1) is 11.6 Å². The van der Waals surface area contributed by atoms with Crippen molar-refractivity contribution in [3.8, 4) is 0 Å². The number of hydrogen-bond acceptors (Lipinski definition) is 4. The van der Waals surface area contributed by atoms with Gasteiger partial charge in [-0.1, -0.05) is 48.5 Å². The van der Waals surface area contributed by atoms with Crippen LogP contribution in [-0.2, 0) is 21.4 Å². The number of aliphatic carboxylic acids is 1. The van der Waals surface area contributed by atoms with Gasteiger partial charge in [-0.25, -0.2) is 17.2 Å². The number of thiocarbonyl (C=S) groups is 1. The summed E-state index contributed by atoms with van der Waals surface area (Å²) in [5, 5.41) is 15.8. The van der Waals surface area contributed by atoms with Crippen molar-refractivity contribution in [3.63, 3.8) is 0 Å². The number of halogens is 2. The predicted octanol–water partition coefficient (Wildman–Crippen LogP) is 5.86. The zero-order valence-electron chi connectivity index (χ0n) is 21.0. The molecule has 11 heteroatoms. The largest absolute Gasteiger partial charge is 0.481 e. The van der Waals surface area contributed by atoms with Crippen molar-refractivity contribution in [1.29, 1.82) is 0 Å². The molecule has 0 aliphatic rings. The Labute approximate surface area is 235 Å². The molecule has 0 saturated carbocycles. The monoisotopic (exact) mass is 581 g/mol. The Bertz CT molecular complexity index is 1610. The molecular weight excluding hydrogens is 556 g/mol. The van der Waals surface area contributed by atoms with Crippen LogP contribution in [0.5, 0.6) is 0 Å². The Balaban J connectivity index is 1.51. The fourth-order valence-electron chi connectivity index (χ4n) is 4.11. The summed E-state index contributed by atoms with van der Waals surface area (Å²) < 4.78 is 56.6. The number of rotatable bonds is 10. The predicted molar refractivity (Wildman–Crippen MR) is 154 cm³/mol. The molecule has 0 radical (unpaired) electrons. The van der Waals surface area contributed by atoms with E-state index in [0.717, 1.165) is 17.7 Å². The van der Waals surface area contributed by atoms with E-state index in [0.29, 0.717) is 29.0 Å². The number of nitrogens with one attached hydrogen (secondary N) is 3. The van der Waals surface area contributed by atoms with E-state index in [1.807, 2.05) is 30.3 Å². The molecule has 7 nitrogen and oxygen atoms in total. The van der Waals surface area contributed by atoms with Crippen molar-refractivity contribution in [2.45, 2.75) is 23.8 Å². The van der Waals surface area contributed by atoms with Crippen molar-refractivity contribution in [2.75, 3.05) is 10.0 Å². The van der Waals surface area contributed by atoms with E-state index in [1.54, 1.807) is 18.2 Å². The summed E-state index contributed by atoms with van der Waals surface area (Å²) in [6.07, 6.45) is -0.453. The molecule has 1 unspecified atom stereocenters. The van der Waals surface area contributed by atoms with Gasteiger partial charge in [-0.2, -0.15) is 0 Å². The van der Waals surface area contributed by atoms with Crippen molar-refractivity contribution < 1.29 is 27.1 Å². The van der Waals surface area contributed by atoms with E-state index in [4.69, 9.17) is 12.2 Å². The lowest BCUT2D eigenvalue weighted by Crippen LogP contribution is -2.28. The molecule has 0 bridgehead atoms. The summed E-state index contributed by atoms with van der Waals surface area (Å²) in [5.41, 5.74) is 2.14. The molecule has 1 atom stereocenters. The van der Waals surface area contributed by atoms with Gasteiger partial charge in [-0.3, -0.25) is 9.52 Å². The first-order valence-electron chi connectivity index (χ1n) is 12.1. The molecule has 0 fully saturated rings. The molecule has 4 aromatic carbocycles. The third-order valence-corrected chi connectivity index (χ3v) is 7.53. The third-order valence-electron chi connectivity index (χ3n) is 5.91. The topological polar surface area (TPSA) is 108 Å². The molecular formula is C29H25F2N3O4S2. The maximum atomic E-state index is 13.9. The molecule has 4 N–H and O–H groups in total. The normalized spacial score (nSPS) is 11.8. The van der Waals surface area contributed by atoms with Gasteiger partial charge in [0, 0.05) is 29.9 Å². The fraction of sp³-hybridized carbons (Fsp3) is 0.103. The quantitative estimate of drug-likeness (QED) is 0.174. The van der Waals surface area contributed by atoms with Crippen LogP contribution in [0.4, 0.5) is 20.2 Å². The minimum atomic E-state index is -4.06. The highest BCUT2D eigenvalue weighted by Gasteiger charge is 2.21. The standard InChI is InChI=1S/C29H25F2N3O4S2/c30-22-12-21(13-23(31)15-22)27(17-28(35)36)20-8-4-10-25(14-20)34-40(37,38)26-11-5-9-24(16-26)33-29(39)32-18-19-6-2-1-3-7-19/h1-16,27,34H,17-18H2,(H,35,36)(H2,32,33,39). The number of carboxylic acid groups (broad SMARTS) is 1. The van der Waals surface area contributed by atoms with Gasteiger partial charge in [0.25, 0.3) is 10.0 Å². The van der Waals surface area contributed by atoms with E-state index in [1.165, 1.54) is 30.3 Å². The van der Waals surface area contributed by atoms with Gasteiger partial charge in [-0.05, 0) is 71.4 Å². The fourth-order valence-corrected chi connectivity index (χ4v) is 5.39. The lowest BCUT2D eigenvalue weighted by atomic mass is 9.88. The number of hydrogen-bond donors (Lipinski definition) is 4. The van der Waals surface area contributed by atoms with Gasteiger partial charge in [0.15, 0.2) is 5.11 Å². The summed E-state index contributed by atoms with van der Waals surface area (Å²) in [7, 11) is -4.06. The highest BCUT2D eigenvalue weighted by Crippen LogP contribution is 2.31. The van der Waals surface area contributed by atoms with Crippen LogP contribution in [0.1, 0.15) is 29.0 Å². The number of carbonyl (C=O) groups is 1. The summed E-state index contributed by atoms with van der Waals surface area (Å²) in [6, 6.07) is 24.6.